The zero-order valence-electron chi connectivity index (χ0n) is 17.5. The molecular formula is C23H26Cl2N2O4. The zero-order chi connectivity index (χ0) is 22.5. The Balaban J connectivity index is 1.64. The minimum absolute atomic E-state index is 0.142. The van der Waals surface area contributed by atoms with Crippen LogP contribution in [-0.2, 0) is 16.1 Å². The minimum atomic E-state index is -1.01. The number of aliphatic carboxylic acids is 1. The number of carboxylic acids is 1. The number of halogens is 2. The molecule has 6 nitrogen and oxygen atoms in total. The highest BCUT2D eigenvalue weighted by Gasteiger charge is 2.25. The lowest BCUT2D eigenvalue weighted by molar-refractivity contribution is -0.144. The number of benzene rings is 2. The van der Waals surface area contributed by atoms with E-state index in [2.05, 4.69) is 10.2 Å². The summed E-state index contributed by atoms with van der Waals surface area (Å²) in [7, 11) is 0. The Morgan fingerprint density at radius 2 is 1.97 bits per heavy atom. The predicted molar refractivity (Wildman–Crippen MR) is 122 cm³/mol. The quantitative estimate of drug-likeness (QED) is 0.516. The van der Waals surface area contributed by atoms with Gasteiger partial charge >= 0.3 is 5.97 Å². The summed E-state index contributed by atoms with van der Waals surface area (Å²) in [5, 5.41) is 12.8. The van der Waals surface area contributed by atoms with Gasteiger partial charge in [-0.05, 0) is 68.0 Å². The normalized spacial score (nSPS) is 14.4. The van der Waals surface area contributed by atoms with Crippen LogP contribution in [0.3, 0.4) is 0 Å². The molecule has 1 aliphatic rings. The standard InChI is InChI=1S/C23H26Cl2N2O4/c1-14-9-17(5-8-21(14)31-15(2)23(29)30)12-27(11-16-3-4-16)13-22(28)26-20-7-6-18(24)10-19(20)25/h5-10,15-16H,3-4,11-13H2,1-2H3,(H,26,28)(H,29,30). The van der Waals surface area contributed by atoms with Crippen molar-refractivity contribution in [2.45, 2.75) is 39.3 Å². The average Bonchev–Trinajstić information content (AvgIpc) is 3.50. The maximum Gasteiger partial charge on any atom is 0.344 e. The van der Waals surface area contributed by atoms with E-state index in [-0.39, 0.29) is 12.5 Å². The Kier molecular flexibility index (Phi) is 7.81. The maximum absolute atomic E-state index is 12.6. The van der Waals surface area contributed by atoms with E-state index in [1.807, 2.05) is 19.1 Å². The summed E-state index contributed by atoms with van der Waals surface area (Å²) < 4.78 is 5.49. The van der Waals surface area contributed by atoms with Crippen LogP contribution >= 0.6 is 23.2 Å². The van der Waals surface area contributed by atoms with Crippen LogP contribution in [0.1, 0.15) is 30.9 Å². The van der Waals surface area contributed by atoms with Gasteiger partial charge in [-0.25, -0.2) is 4.79 Å². The van der Waals surface area contributed by atoms with E-state index in [1.54, 1.807) is 24.3 Å². The molecule has 0 spiro atoms. The van der Waals surface area contributed by atoms with E-state index in [4.69, 9.17) is 33.0 Å². The summed E-state index contributed by atoms with van der Waals surface area (Å²) in [4.78, 5) is 25.8. The number of rotatable bonds is 10. The SMILES string of the molecule is Cc1cc(CN(CC(=O)Nc2ccc(Cl)cc2Cl)CC2CC2)ccc1OC(C)C(=O)O. The highest BCUT2D eigenvalue weighted by molar-refractivity contribution is 6.36. The molecule has 0 radical (unpaired) electrons. The van der Waals surface area contributed by atoms with Gasteiger partial charge in [0, 0.05) is 18.1 Å². The van der Waals surface area contributed by atoms with E-state index in [1.165, 1.54) is 19.8 Å². The number of ether oxygens (including phenoxy) is 1. The molecule has 1 unspecified atom stereocenters. The van der Waals surface area contributed by atoms with Crippen LogP contribution in [0.4, 0.5) is 5.69 Å². The molecular weight excluding hydrogens is 439 g/mol. The van der Waals surface area contributed by atoms with Crippen molar-refractivity contribution in [3.05, 3.63) is 57.6 Å². The van der Waals surface area contributed by atoms with Crippen LogP contribution in [0, 0.1) is 12.8 Å². The third-order valence-corrected chi connectivity index (χ3v) is 5.63. The number of nitrogens with zero attached hydrogens (tertiary/aromatic N) is 1. The molecule has 1 atom stereocenters. The lowest BCUT2D eigenvalue weighted by Crippen LogP contribution is -2.34. The smallest absolute Gasteiger partial charge is 0.344 e. The van der Waals surface area contributed by atoms with Gasteiger partial charge in [-0.1, -0.05) is 35.3 Å². The van der Waals surface area contributed by atoms with Crippen LogP contribution in [0.25, 0.3) is 0 Å². The van der Waals surface area contributed by atoms with Gasteiger partial charge in [0.2, 0.25) is 5.91 Å². The summed E-state index contributed by atoms with van der Waals surface area (Å²) >= 11 is 12.1. The molecule has 2 aromatic carbocycles. The van der Waals surface area contributed by atoms with Crippen LogP contribution in [-0.4, -0.2) is 41.1 Å². The topological polar surface area (TPSA) is 78.9 Å². The summed E-state index contributed by atoms with van der Waals surface area (Å²) in [6, 6.07) is 10.6. The second-order valence-electron chi connectivity index (χ2n) is 7.98. The number of carbonyl (C=O) groups excluding carboxylic acids is 1. The molecule has 1 fully saturated rings. The van der Waals surface area contributed by atoms with Gasteiger partial charge in [0.25, 0.3) is 0 Å². The maximum atomic E-state index is 12.6. The fourth-order valence-corrected chi connectivity index (χ4v) is 3.73. The fourth-order valence-electron chi connectivity index (χ4n) is 3.28. The molecule has 166 valence electrons. The van der Waals surface area contributed by atoms with Crippen molar-refractivity contribution in [3.8, 4) is 5.75 Å². The first kappa shape index (κ1) is 23.4. The van der Waals surface area contributed by atoms with Gasteiger partial charge in [-0.15, -0.1) is 0 Å². The Labute approximate surface area is 192 Å². The molecule has 0 aromatic heterocycles. The first-order valence-corrected chi connectivity index (χ1v) is 10.9. The Morgan fingerprint density at radius 3 is 2.58 bits per heavy atom. The highest BCUT2D eigenvalue weighted by atomic mass is 35.5. The number of aryl methyl sites for hydroxylation is 1. The van der Waals surface area contributed by atoms with E-state index in [0.717, 1.165) is 17.7 Å². The summed E-state index contributed by atoms with van der Waals surface area (Å²) in [5.41, 5.74) is 2.42. The lowest BCUT2D eigenvalue weighted by atomic mass is 10.1. The molecule has 0 heterocycles. The highest BCUT2D eigenvalue weighted by Crippen LogP contribution is 2.31. The first-order valence-electron chi connectivity index (χ1n) is 10.2. The number of nitrogens with one attached hydrogen (secondary N) is 1. The van der Waals surface area contributed by atoms with E-state index in [9.17, 15) is 9.59 Å². The predicted octanol–water partition coefficient (Wildman–Crippen LogP) is 5.00. The van der Waals surface area contributed by atoms with Crippen LogP contribution < -0.4 is 10.1 Å². The van der Waals surface area contributed by atoms with Gasteiger partial charge < -0.3 is 15.2 Å². The molecule has 1 saturated carbocycles. The molecule has 31 heavy (non-hydrogen) atoms. The van der Waals surface area contributed by atoms with Crippen molar-refractivity contribution < 1.29 is 19.4 Å². The van der Waals surface area contributed by atoms with Crippen molar-refractivity contribution in [2.75, 3.05) is 18.4 Å². The molecule has 0 saturated heterocycles. The van der Waals surface area contributed by atoms with E-state index >= 15 is 0 Å². The number of amides is 1. The number of hydrogen-bond acceptors (Lipinski definition) is 4. The summed E-state index contributed by atoms with van der Waals surface area (Å²) in [6.07, 6.45) is 1.44. The molecule has 1 aliphatic carbocycles. The van der Waals surface area contributed by atoms with Crippen molar-refractivity contribution >= 4 is 40.8 Å². The van der Waals surface area contributed by atoms with Gasteiger partial charge in [0.1, 0.15) is 5.75 Å². The molecule has 1 amide bonds. The number of anilines is 1. The number of carbonyl (C=O) groups is 2. The van der Waals surface area contributed by atoms with Crippen LogP contribution in [0.5, 0.6) is 5.75 Å². The molecule has 2 N–H and O–H groups in total. The lowest BCUT2D eigenvalue weighted by Gasteiger charge is -2.23. The van der Waals surface area contributed by atoms with Gasteiger partial charge in [-0.3, -0.25) is 9.69 Å². The first-order chi connectivity index (χ1) is 14.7. The average molecular weight is 465 g/mol. The second-order valence-corrected chi connectivity index (χ2v) is 8.83. The van der Waals surface area contributed by atoms with Gasteiger partial charge in [0.15, 0.2) is 6.10 Å². The minimum Gasteiger partial charge on any atom is -0.479 e. The van der Waals surface area contributed by atoms with Crippen molar-refractivity contribution in [3.63, 3.8) is 0 Å². The summed E-state index contributed by atoms with van der Waals surface area (Å²) in [6.45, 7) is 5.07. The molecule has 0 bridgehead atoms. The van der Waals surface area contributed by atoms with Gasteiger partial charge in [0.05, 0.1) is 17.3 Å². The van der Waals surface area contributed by atoms with Crippen molar-refractivity contribution in [2.24, 2.45) is 5.92 Å². The third-order valence-electron chi connectivity index (χ3n) is 5.08. The fraction of sp³-hybridized carbons (Fsp3) is 0.391. The number of carboxylic acid groups (broad SMARTS) is 1. The Bertz CT molecular complexity index is 963. The van der Waals surface area contributed by atoms with Gasteiger partial charge in [-0.2, -0.15) is 0 Å². The number of hydrogen-bond donors (Lipinski definition) is 2. The molecule has 3 rings (SSSR count). The molecule has 8 heteroatoms. The monoisotopic (exact) mass is 464 g/mol. The molecule has 2 aromatic rings. The second kappa shape index (κ2) is 10.4. The zero-order valence-corrected chi connectivity index (χ0v) is 19.0. The van der Waals surface area contributed by atoms with Crippen molar-refractivity contribution in [1.29, 1.82) is 0 Å². The largest absolute Gasteiger partial charge is 0.479 e. The third kappa shape index (κ3) is 7.13. The van der Waals surface area contributed by atoms with E-state index < -0.39 is 12.1 Å². The van der Waals surface area contributed by atoms with Crippen LogP contribution in [0.15, 0.2) is 36.4 Å². The Morgan fingerprint density at radius 1 is 1.23 bits per heavy atom. The van der Waals surface area contributed by atoms with E-state index in [0.29, 0.717) is 33.9 Å². The Hall–Kier alpha value is -2.28. The van der Waals surface area contributed by atoms with Crippen LogP contribution in [0.2, 0.25) is 10.0 Å². The van der Waals surface area contributed by atoms with Crippen molar-refractivity contribution in [1.82, 2.24) is 4.90 Å². The molecule has 0 aliphatic heterocycles. The summed E-state index contributed by atoms with van der Waals surface area (Å²) in [5.74, 6) is 0.0114.